The molecular formula is C15H19BrFN3S. The molecule has 1 N–H and O–H groups in total. The minimum absolute atomic E-state index is 0.0445. The third kappa shape index (κ3) is 4.08. The number of hydrogen-bond donors (Lipinski definition) is 1. The van der Waals surface area contributed by atoms with Crippen LogP contribution >= 0.6 is 27.5 Å². The lowest BCUT2D eigenvalue weighted by atomic mass is 10.00. The van der Waals surface area contributed by atoms with E-state index in [2.05, 4.69) is 51.6 Å². The Morgan fingerprint density at radius 2 is 2.14 bits per heavy atom. The zero-order chi connectivity index (χ0) is 15.4. The van der Waals surface area contributed by atoms with Crippen LogP contribution in [0.2, 0.25) is 0 Å². The number of likely N-dealkylation sites (N-methyl/N-ethyl adjacent to an activating group) is 1. The quantitative estimate of drug-likeness (QED) is 0.814. The van der Waals surface area contributed by atoms with Crippen molar-refractivity contribution in [2.75, 3.05) is 6.54 Å². The average molecular weight is 372 g/mol. The number of aromatic nitrogens is 2. The molecule has 0 fully saturated rings. The molecule has 2 aromatic rings. The van der Waals surface area contributed by atoms with Gasteiger partial charge in [-0.3, -0.25) is 0 Å². The van der Waals surface area contributed by atoms with Gasteiger partial charge >= 0.3 is 0 Å². The van der Waals surface area contributed by atoms with E-state index < -0.39 is 0 Å². The van der Waals surface area contributed by atoms with Gasteiger partial charge in [-0.1, -0.05) is 47.3 Å². The molecule has 1 atom stereocenters. The molecule has 0 aliphatic heterocycles. The highest BCUT2D eigenvalue weighted by Gasteiger charge is 2.22. The van der Waals surface area contributed by atoms with Crippen LogP contribution < -0.4 is 5.32 Å². The highest BCUT2D eigenvalue weighted by atomic mass is 79.9. The minimum Gasteiger partial charge on any atom is -0.309 e. The lowest BCUT2D eigenvalue weighted by Gasteiger charge is -2.18. The largest absolute Gasteiger partial charge is 0.309 e. The smallest absolute Gasteiger partial charge is 0.127 e. The third-order valence-corrected chi connectivity index (χ3v) is 4.64. The summed E-state index contributed by atoms with van der Waals surface area (Å²) in [6.45, 7) is 7.07. The number of nitrogens with one attached hydrogen (secondary N) is 1. The predicted molar refractivity (Wildman–Crippen MR) is 88.2 cm³/mol. The molecule has 1 aromatic heterocycles. The fraction of sp³-hybridized carbons (Fsp3) is 0.467. The van der Waals surface area contributed by atoms with E-state index in [1.807, 2.05) is 12.1 Å². The highest BCUT2D eigenvalue weighted by molar-refractivity contribution is 9.10. The molecule has 0 bridgehead atoms. The van der Waals surface area contributed by atoms with Gasteiger partial charge in [-0.05, 0) is 48.1 Å². The molecule has 0 radical (unpaired) electrons. The van der Waals surface area contributed by atoms with Crippen LogP contribution in [-0.2, 0) is 6.42 Å². The lowest BCUT2D eigenvalue weighted by Crippen LogP contribution is -2.23. The maximum Gasteiger partial charge on any atom is 0.127 e. The first-order chi connectivity index (χ1) is 10.0. The van der Waals surface area contributed by atoms with Crippen molar-refractivity contribution < 1.29 is 4.39 Å². The topological polar surface area (TPSA) is 37.8 Å². The Morgan fingerprint density at radius 1 is 1.38 bits per heavy atom. The Bertz CT molecular complexity index is 600. The summed E-state index contributed by atoms with van der Waals surface area (Å²) in [7, 11) is 0. The molecule has 1 unspecified atom stereocenters. The summed E-state index contributed by atoms with van der Waals surface area (Å²) in [5, 5.41) is 7.65. The van der Waals surface area contributed by atoms with Crippen molar-refractivity contribution in [3.63, 3.8) is 0 Å². The second-order valence-corrected chi connectivity index (χ2v) is 6.93. The summed E-state index contributed by atoms with van der Waals surface area (Å²) in [4.78, 5) is 1.11. The van der Waals surface area contributed by atoms with Crippen molar-refractivity contribution in [2.45, 2.75) is 39.2 Å². The molecule has 1 heterocycles. The van der Waals surface area contributed by atoms with Crippen molar-refractivity contribution in [1.29, 1.82) is 0 Å². The van der Waals surface area contributed by atoms with Crippen molar-refractivity contribution in [1.82, 2.24) is 14.9 Å². The first-order valence-corrected chi connectivity index (χ1v) is 8.59. The Kier molecular flexibility index (Phi) is 5.84. The van der Waals surface area contributed by atoms with Gasteiger partial charge in [0.05, 0.1) is 10.6 Å². The monoisotopic (exact) mass is 371 g/mol. The Labute approximate surface area is 137 Å². The van der Waals surface area contributed by atoms with E-state index in [1.54, 1.807) is 0 Å². The van der Waals surface area contributed by atoms with Gasteiger partial charge < -0.3 is 5.32 Å². The van der Waals surface area contributed by atoms with Crippen LogP contribution in [0.1, 0.15) is 48.9 Å². The van der Waals surface area contributed by atoms with E-state index in [4.69, 9.17) is 0 Å². The van der Waals surface area contributed by atoms with Gasteiger partial charge in [0.25, 0.3) is 0 Å². The standard InChI is InChI=1S/C15H19BrFN3S/c1-4-18-13(15-14(9(2)3)19-20-21-15)7-10-5-6-11(16)8-12(10)17/h5-6,8-9,13,18H,4,7H2,1-3H3. The molecule has 0 aliphatic rings. The van der Waals surface area contributed by atoms with Gasteiger partial charge in [0.1, 0.15) is 5.82 Å². The molecule has 1 aromatic carbocycles. The number of hydrogen-bond acceptors (Lipinski definition) is 4. The zero-order valence-corrected chi connectivity index (χ0v) is 14.8. The normalized spacial score (nSPS) is 12.9. The van der Waals surface area contributed by atoms with E-state index in [0.29, 0.717) is 17.9 Å². The highest BCUT2D eigenvalue weighted by Crippen LogP contribution is 2.29. The van der Waals surface area contributed by atoms with Gasteiger partial charge in [-0.2, -0.15) is 0 Å². The average Bonchev–Trinajstić information content (AvgIpc) is 2.90. The zero-order valence-electron chi connectivity index (χ0n) is 12.4. The maximum atomic E-state index is 14.1. The van der Waals surface area contributed by atoms with Crippen LogP contribution in [-0.4, -0.2) is 16.1 Å². The number of nitrogens with zero attached hydrogens (tertiary/aromatic N) is 2. The molecule has 0 amide bonds. The van der Waals surface area contributed by atoms with Crippen molar-refractivity contribution in [3.8, 4) is 0 Å². The third-order valence-electron chi connectivity index (χ3n) is 3.29. The Hall–Kier alpha value is -0.850. The molecule has 114 valence electrons. The Morgan fingerprint density at radius 3 is 2.76 bits per heavy atom. The number of halogens is 2. The summed E-state index contributed by atoms with van der Waals surface area (Å²) in [6.07, 6.45) is 0.594. The second-order valence-electron chi connectivity index (χ2n) is 5.23. The Balaban J connectivity index is 2.28. The first-order valence-electron chi connectivity index (χ1n) is 7.02. The van der Waals surface area contributed by atoms with E-state index >= 15 is 0 Å². The van der Waals surface area contributed by atoms with E-state index in [0.717, 1.165) is 21.6 Å². The molecule has 6 heteroatoms. The van der Waals surface area contributed by atoms with Gasteiger partial charge in [-0.15, -0.1) is 5.10 Å². The van der Waals surface area contributed by atoms with Gasteiger partial charge in [0.2, 0.25) is 0 Å². The molecular weight excluding hydrogens is 353 g/mol. The molecule has 0 saturated heterocycles. The summed E-state index contributed by atoms with van der Waals surface area (Å²) < 4.78 is 18.9. The van der Waals surface area contributed by atoms with Crippen LogP contribution in [0, 0.1) is 5.82 Å². The van der Waals surface area contributed by atoms with Crippen LogP contribution in [0.5, 0.6) is 0 Å². The molecule has 0 aliphatic carbocycles. The summed E-state index contributed by atoms with van der Waals surface area (Å²) in [5.41, 5.74) is 1.70. The SMILES string of the molecule is CCNC(Cc1ccc(Br)cc1F)c1snnc1C(C)C. The van der Waals surface area contributed by atoms with Crippen molar-refractivity contribution in [2.24, 2.45) is 0 Å². The maximum absolute atomic E-state index is 14.1. The van der Waals surface area contributed by atoms with Crippen LogP contribution in [0.25, 0.3) is 0 Å². The number of benzene rings is 1. The molecule has 2 rings (SSSR count). The second kappa shape index (κ2) is 7.42. The number of rotatable bonds is 6. The van der Waals surface area contributed by atoms with Gasteiger partial charge in [0, 0.05) is 10.5 Å². The fourth-order valence-electron chi connectivity index (χ4n) is 2.26. The fourth-order valence-corrected chi connectivity index (χ4v) is 3.47. The molecule has 21 heavy (non-hydrogen) atoms. The van der Waals surface area contributed by atoms with Crippen molar-refractivity contribution >= 4 is 27.5 Å². The minimum atomic E-state index is -0.184. The molecule has 0 saturated carbocycles. The summed E-state index contributed by atoms with van der Waals surface area (Å²) >= 11 is 4.69. The summed E-state index contributed by atoms with van der Waals surface area (Å²) in [5.74, 6) is 0.130. The van der Waals surface area contributed by atoms with E-state index in [9.17, 15) is 4.39 Å². The first kappa shape index (κ1) is 16.5. The van der Waals surface area contributed by atoms with Gasteiger partial charge in [0.15, 0.2) is 0 Å². The summed E-state index contributed by atoms with van der Waals surface area (Å²) in [6, 6.07) is 5.25. The van der Waals surface area contributed by atoms with E-state index in [1.165, 1.54) is 17.6 Å². The van der Waals surface area contributed by atoms with Crippen LogP contribution in [0.3, 0.4) is 0 Å². The van der Waals surface area contributed by atoms with Crippen LogP contribution in [0.4, 0.5) is 4.39 Å². The van der Waals surface area contributed by atoms with Gasteiger partial charge in [-0.25, -0.2) is 4.39 Å². The van der Waals surface area contributed by atoms with Crippen LogP contribution in [0.15, 0.2) is 22.7 Å². The lowest BCUT2D eigenvalue weighted by molar-refractivity contribution is 0.527. The van der Waals surface area contributed by atoms with E-state index in [-0.39, 0.29) is 11.9 Å². The molecule has 3 nitrogen and oxygen atoms in total. The molecule has 0 spiro atoms. The predicted octanol–water partition coefficient (Wildman–Crippen LogP) is 4.46. The van der Waals surface area contributed by atoms with Crippen molar-refractivity contribution in [3.05, 3.63) is 44.6 Å².